The number of aliphatic carboxylic acids is 1. The molecule has 0 aliphatic heterocycles. The molecule has 0 aromatic carbocycles. The molecule has 6 nitrogen and oxygen atoms in total. The van der Waals surface area contributed by atoms with E-state index in [4.69, 9.17) is 16.7 Å². The van der Waals surface area contributed by atoms with Gasteiger partial charge in [0.25, 0.3) is 5.56 Å². The molecular weight excluding hydrogens is 284 g/mol. The minimum Gasteiger partial charge on any atom is -0.480 e. The molecule has 2 N–H and O–H groups in total. The van der Waals surface area contributed by atoms with E-state index in [-0.39, 0.29) is 18.5 Å². The summed E-state index contributed by atoms with van der Waals surface area (Å²) in [5, 5.41) is 11.8. The van der Waals surface area contributed by atoms with Gasteiger partial charge in [-0.05, 0) is 12.5 Å². The number of hydrogen-bond donors (Lipinski definition) is 2. The maximum absolute atomic E-state index is 11.7. The summed E-state index contributed by atoms with van der Waals surface area (Å²) in [5.41, 5.74) is -0.259. The Kier molecular flexibility index (Phi) is 6.24. The highest BCUT2D eigenvalue weighted by Gasteiger charge is 2.18. The lowest BCUT2D eigenvalue weighted by Gasteiger charge is -2.13. The van der Waals surface area contributed by atoms with Gasteiger partial charge in [0.05, 0.1) is 5.02 Å². The number of nitrogens with one attached hydrogen (secondary N) is 1. The highest BCUT2D eigenvalue weighted by molar-refractivity contribution is 6.30. The van der Waals surface area contributed by atoms with Crippen molar-refractivity contribution in [1.82, 2.24) is 9.88 Å². The van der Waals surface area contributed by atoms with Gasteiger partial charge >= 0.3 is 5.97 Å². The first-order chi connectivity index (χ1) is 9.43. The van der Waals surface area contributed by atoms with E-state index < -0.39 is 17.9 Å². The Morgan fingerprint density at radius 3 is 2.75 bits per heavy atom. The van der Waals surface area contributed by atoms with Gasteiger partial charge in [0.1, 0.15) is 6.04 Å². The number of carboxylic acid groups (broad SMARTS) is 1. The van der Waals surface area contributed by atoms with Crippen molar-refractivity contribution in [3.05, 3.63) is 33.7 Å². The van der Waals surface area contributed by atoms with Gasteiger partial charge in [-0.25, -0.2) is 4.79 Å². The van der Waals surface area contributed by atoms with Crippen LogP contribution in [0, 0.1) is 0 Å². The van der Waals surface area contributed by atoms with E-state index in [9.17, 15) is 14.4 Å². The molecule has 0 aliphatic carbocycles. The number of aromatic nitrogens is 1. The minimum atomic E-state index is -1.06. The normalized spacial score (nSPS) is 11.9. The first kappa shape index (κ1) is 16.2. The fraction of sp³-hybridized carbons (Fsp3) is 0.462. The smallest absolute Gasteiger partial charge is 0.326 e. The Bertz CT molecular complexity index is 541. The SMILES string of the molecule is CCCC(NC(=O)CCn1cc(Cl)ccc1=O)C(=O)O. The van der Waals surface area contributed by atoms with Crippen molar-refractivity contribution in [3.63, 3.8) is 0 Å². The Morgan fingerprint density at radius 1 is 1.45 bits per heavy atom. The molecule has 110 valence electrons. The van der Waals surface area contributed by atoms with Crippen molar-refractivity contribution in [2.24, 2.45) is 0 Å². The summed E-state index contributed by atoms with van der Waals surface area (Å²) < 4.78 is 1.32. The zero-order valence-electron chi connectivity index (χ0n) is 11.1. The molecule has 1 heterocycles. The first-order valence-electron chi connectivity index (χ1n) is 6.32. The van der Waals surface area contributed by atoms with Crippen LogP contribution in [0.15, 0.2) is 23.1 Å². The number of pyridine rings is 1. The quantitative estimate of drug-likeness (QED) is 0.793. The molecule has 0 fully saturated rings. The van der Waals surface area contributed by atoms with Gasteiger partial charge in [-0.2, -0.15) is 0 Å². The highest BCUT2D eigenvalue weighted by atomic mass is 35.5. The number of aryl methyl sites for hydroxylation is 1. The summed E-state index contributed by atoms with van der Waals surface area (Å²) in [6.07, 6.45) is 2.49. The summed E-state index contributed by atoms with van der Waals surface area (Å²) in [6, 6.07) is 1.91. The molecule has 1 atom stereocenters. The fourth-order valence-corrected chi connectivity index (χ4v) is 1.89. The van der Waals surface area contributed by atoms with Crippen LogP contribution in [0.1, 0.15) is 26.2 Å². The van der Waals surface area contributed by atoms with Crippen LogP contribution in [-0.4, -0.2) is 27.6 Å². The molecule has 1 aromatic heterocycles. The molecule has 0 bridgehead atoms. The van der Waals surface area contributed by atoms with Crippen molar-refractivity contribution in [1.29, 1.82) is 0 Å². The second-order valence-electron chi connectivity index (χ2n) is 4.38. The Balaban J connectivity index is 2.56. The standard InChI is InChI=1S/C13H17ClN2O4/c1-2-3-10(13(19)20)15-11(17)6-7-16-8-9(14)4-5-12(16)18/h4-5,8,10H,2-3,6-7H2,1H3,(H,15,17)(H,19,20). The third kappa shape index (κ3) is 5.05. The van der Waals surface area contributed by atoms with Crippen molar-refractivity contribution in [3.8, 4) is 0 Å². The molecule has 0 aliphatic rings. The van der Waals surface area contributed by atoms with E-state index in [1.807, 2.05) is 6.92 Å². The van der Waals surface area contributed by atoms with Crippen LogP contribution in [0.4, 0.5) is 0 Å². The molecule has 20 heavy (non-hydrogen) atoms. The molecule has 0 saturated carbocycles. The molecule has 7 heteroatoms. The van der Waals surface area contributed by atoms with Gasteiger partial charge in [-0.1, -0.05) is 24.9 Å². The van der Waals surface area contributed by atoms with Crippen LogP contribution >= 0.6 is 11.6 Å². The molecule has 0 spiro atoms. The van der Waals surface area contributed by atoms with Gasteiger partial charge in [-0.3, -0.25) is 9.59 Å². The highest BCUT2D eigenvalue weighted by Crippen LogP contribution is 2.04. The maximum atomic E-state index is 11.7. The molecule has 0 saturated heterocycles. The molecule has 1 aromatic rings. The lowest BCUT2D eigenvalue weighted by atomic mass is 10.1. The van der Waals surface area contributed by atoms with E-state index in [0.29, 0.717) is 17.9 Å². The summed E-state index contributed by atoms with van der Waals surface area (Å²) >= 11 is 5.76. The largest absolute Gasteiger partial charge is 0.480 e. The molecule has 1 amide bonds. The molecule has 1 unspecified atom stereocenters. The van der Waals surface area contributed by atoms with E-state index in [1.54, 1.807) is 0 Å². The Hall–Kier alpha value is -1.82. The van der Waals surface area contributed by atoms with Crippen LogP contribution in [0.5, 0.6) is 0 Å². The van der Waals surface area contributed by atoms with E-state index in [0.717, 1.165) is 0 Å². The third-order valence-corrected chi connectivity index (χ3v) is 2.96. The average molecular weight is 301 g/mol. The number of amides is 1. The van der Waals surface area contributed by atoms with Gasteiger partial charge in [0, 0.05) is 25.2 Å². The lowest BCUT2D eigenvalue weighted by molar-refractivity contribution is -0.142. The predicted octanol–water partition coefficient (Wildman–Crippen LogP) is 1.26. The van der Waals surface area contributed by atoms with Crippen LogP contribution < -0.4 is 10.9 Å². The summed E-state index contributed by atoms with van der Waals surface area (Å²) in [5.74, 6) is -1.46. The van der Waals surface area contributed by atoms with Gasteiger partial charge in [0.2, 0.25) is 5.91 Å². The van der Waals surface area contributed by atoms with Gasteiger partial charge < -0.3 is 15.0 Å². The van der Waals surface area contributed by atoms with Crippen molar-refractivity contribution < 1.29 is 14.7 Å². The van der Waals surface area contributed by atoms with Crippen molar-refractivity contribution >= 4 is 23.5 Å². The van der Waals surface area contributed by atoms with E-state index in [1.165, 1.54) is 22.9 Å². The van der Waals surface area contributed by atoms with E-state index >= 15 is 0 Å². The third-order valence-electron chi connectivity index (χ3n) is 2.74. The van der Waals surface area contributed by atoms with Crippen LogP contribution in [0.25, 0.3) is 0 Å². The first-order valence-corrected chi connectivity index (χ1v) is 6.70. The average Bonchev–Trinajstić information content (AvgIpc) is 2.39. The van der Waals surface area contributed by atoms with E-state index in [2.05, 4.69) is 5.32 Å². The predicted molar refractivity (Wildman–Crippen MR) is 74.8 cm³/mol. The summed E-state index contributed by atoms with van der Waals surface area (Å²) in [6.45, 7) is 2.00. The monoisotopic (exact) mass is 300 g/mol. The second-order valence-corrected chi connectivity index (χ2v) is 4.81. The van der Waals surface area contributed by atoms with Crippen LogP contribution in [-0.2, 0) is 16.1 Å². The zero-order chi connectivity index (χ0) is 15.1. The van der Waals surface area contributed by atoms with Gasteiger partial charge in [-0.15, -0.1) is 0 Å². The Labute approximate surface area is 121 Å². The summed E-state index contributed by atoms with van der Waals surface area (Å²) in [4.78, 5) is 34.1. The molecule has 1 rings (SSSR count). The lowest BCUT2D eigenvalue weighted by Crippen LogP contribution is -2.41. The number of carbonyl (C=O) groups excluding carboxylic acids is 1. The number of nitrogens with zero attached hydrogens (tertiary/aromatic N) is 1. The number of rotatable bonds is 7. The molecule has 0 radical (unpaired) electrons. The Morgan fingerprint density at radius 2 is 2.15 bits per heavy atom. The van der Waals surface area contributed by atoms with Crippen LogP contribution in [0.2, 0.25) is 5.02 Å². The summed E-state index contributed by atoms with van der Waals surface area (Å²) in [7, 11) is 0. The fourth-order valence-electron chi connectivity index (χ4n) is 1.71. The number of carboxylic acids is 1. The van der Waals surface area contributed by atoms with Gasteiger partial charge in [0.15, 0.2) is 0 Å². The number of carbonyl (C=O) groups is 2. The molecular formula is C13H17ClN2O4. The number of halogens is 1. The zero-order valence-corrected chi connectivity index (χ0v) is 11.9. The van der Waals surface area contributed by atoms with Crippen molar-refractivity contribution in [2.45, 2.75) is 38.8 Å². The topological polar surface area (TPSA) is 88.4 Å². The maximum Gasteiger partial charge on any atom is 0.326 e. The second kappa shape index (κ2) is 7.69. The van der Waals surface area contributed by atoms with Crippen LogP contribution in [0.3, 0.4) is 0 Å². The number of hydrogen-bond acceptors (Lipinski definition) is 3. The van der Waals surface area contributed by atoms with Crippen molar-refractivity contribution in [2.75, 3.05) is 0 Å². The minimum absolute atomic E-state index is 0.0216.